The lowest BCUT2D eigenvalue weighted by atomic mass is 10.0. The van der Waals surface area contributed by atoms with E-state index in [1.54, 1.807) is 61.7 Å². The maximum Gasteiger partial charge on any atom is 0.257 e. The molecule has 10 nitrogen and oxygen atoms in total. The van der Waals surface area contributed by atoms with Gasteiger partial charge in [0.2, 0.25) is 5.91 Å². The van der Waals surface area contributed by atoms with Crippen molar-refractivity contribution in [2.45, 2.75) is 30.8 Å². The number of hydrogen-bond acceptors (Lipinski definition) is 7. The van der Waals surface area contributed by atoms with Crippen LogP contribution in [-0.2, 0) is 27.6 Å². The zero-order valence-electron chi connectivity index (χ0n) is 22.7. The van der Waals surface area contributed by atoms with Gasteiger partial charge in [-0.05, 0) is 66.6 Å². The lowest BCUT2D eigenvalue weighted by Crippen LogP contribution is -2.46. The fraction of sp³-hybridized carbons (Fsp3) is 0.167. The van der Waals surface area contributed by atoms with Crippen molar-refractivity contribution in [1.29, 1.82) is 0 Å². The minimum Gasteiger partial charge on any atom is -0.323 e. The number of aryl methyl sites for hydroxylation is 1. The molecule has 2 N–H and O–H groups in total. The summed E-state index contributed by atoms with van der Waals surface area (Å²) in [6.07, 6.45) is 4.09. The molecule has 3 amide bonds. The third kappa shape index (κ3) is 6.32. The van der Waals surface area contributed by atoms with E-state index in [0.29, 0.717) is 38.7 Å². The Bertz CT molecular complexity index is 1800. The molecule has 214 valence electrons. The van der Waals surface area contributed by atoms with Crippen molar-refractivity contribution in [2.24, 2.45) is 0 Å². The Balaban J connectivity index is 1.41. The molecule has 0 aliphatic carbocycles. The van der Waals surface area contributed by atoms with Gasteiger partial charge in [-0.15, -0.1) is 0 Å². The van der Waals surface area contributed by atoms with E-state index in [2.05, 4.69) is 20.6 Å². The van der Waals surface area contributed by atoms with Gasteiger partial charge in [0, 0.05) is 47.9 Å². The first-order chi connectivity index (χ1) is 20.0. The highest BCUT2D eigenvalue weighted by molar-refractivity contribution is 7.90. The third-order valence-corrected chi connectivity index (χ3v) is 8.17. The second-order valence-corrected chi connectivity index (χ2v) is 12.4. The number of sulfone groups is 1. The highest BCUT2D eigenvalue weighted by Crippen LogP contribution is 2.29. The van der Waals surface area contributed by atoms with Gasteiger partial charge in [-0.2, -0.15) is 0 Å². The number of nitrogens with one attached hydrogen (secondary N) is 2. The number of nitrogens with zero attached hydrogens (tertiary/aromatic N) is 3. The van der Waals surface area contributed by atoms with E-state index in [1.165, 1.54) is 23.2 Å². The molecule has 1 atom stereocenters. The molecule has 12 heteroatoms. The van der Waals surface area contributed by atoms with E-state index in [4.69, 9.17) is 11.6 Å². The summed E-state index contributed by atoms with van der Waals surface area (Å²) in [5, 5.41) is 5.90. The average molecular weight is 604 g/mol. The number of rotatable bonds is 7. The fourth-order valence-corrected chi connectivity index (χ4v) is 5.43. The summed E-state index contributed by atoms with van der Waals surface area (Å²) in [4.78, 5) is 50.1. The first-order valence-electron chi connectivity index (χ1n) is 12.9. The van der Waals surface area contributed by atoms with Crippen LogP contribution in [0, 0.1) is 6.92 Å². The Hall–Kier alpha value is -4.61. The lowest BCUT2D eigenvalue weighted by Gasteiger charge is -2.29. The Morgan fingerprint density at radius 1 is 1.05 bits per heavy atom. The van der Waals surface area contributed by atoms with E-state index in [9.17, 15) is 22.8 Å². The van der Waals surface area contributed by atoms with Crippen molar-refractivity contribution in [1.82, 2.24) is 14.9 Å². The quantitative estimate of drug-likeness (QED) is 0.321. The first kappa shape index (κ1) is 28.9. The van der Waals surface area contributed by atoms with Crippen LogP contribution < -0.4 is 10.6 Å². The molecule has 2 aromatic carbocycles. The predicted octanol–water partition coefficient (Wildman–Crippen LogP) is 4.30. The van der Waals surface area contributed by atoms with Crippen molar-refractivity contribution in [3.8, 4) is 0 Å². The molecule has 0 saturated heterocycles. The van der Waals surface area contributed by atoms with Crippen LogP contribution in [0.15, 0.2) is 84.0 Å². The summed E-state index contributed by atoms with van der Waals surface area (Å²) in [5.41, 5.74) is 3.03. The molecular weight excluding hydrogens is 578 g/mol. The Kier molecular flexibility index (Phi) is 8.06. The topological polar surface area (TPSA) is 138 Å². The first-order valence-corrected chi connectivity index (χ1v) is 15.1. The number of amides is 3. The molecule has 0 radical (unpaired) electrons. The minimum atomic E-state index is -3.41. The molecule has 1 unspecified atom stereocenters. The molecule has 3 heterocycles. The molecule has 5 rings (SSSR count). The van der Waals surface area contributed by atoms with Gasteiger partial charge >= 0.3 is 0 Å². The number of pyridine rings is 2. The van der Waals surface area contributed by atoms with Crippen molar-refractivity contribution >= 4 is 50.7 Å². The molecular formula is C30H26ClN5O5S. The second-order valence-electron chi connectivity index (χ2n) is 9.91. The third-order valence-electron chi connectivity index (χ3n) is 6.83. The number of carbonyl (C=O) groups excluding carboxylic acids is 3. The summed E-state index contributed by atoms with van der Waals surface area (Å²) >= 11 is 6.14. The van der Waals surface area contributed by atoms with Gasteiger partial charge in [-0.3, -0.25) is 19.4 Å². The molecule has 1 aliphatic heterocycles. The number of carbonyl (C=O) groups is 3. The smallest absolute Gasteiger partial charge is 0.257 e. The number of benzene rings is 2. The van der Waals surface area contributed by atoms with Crippen LogP contribution in [0.5, 0.6) is 0 Å². The standard InChI is InChI=1S/C30H26ClN5O5S/c1-18-13-19(6-9-23(18)28(37)35-27-11-8-22(16-33-27)42(2,40)41)17-36-26(15-21-5-3-4-12-32-21)29(38)34-25-14-20(31)7-10-24(25)30(36)39/h3-14,16,26H,15,17H2,1-2H3,(H,34,38)(H,33,35,37). The molecule has 0 saturated carbocycles. The van der Waals surface area contributed by atoms with Crippen LogP contribution >= 0.6 is 11.6 Å². The molecule has 2 aromatic heterocycles. The summed E-state index contributed by atoms with van der Waals surface area (Å²) < 4.78 is 23.3. The number of halogens is 1. The fourth-order valence-electron chi connectivity index (χ4n) is 4.69. The van der Waals surface area contributed by atoms with Crippen LogP contribution in [-0.4, -0.2) is 53.3 Å². The van der Waals surface area contributed by atoms with Crippen molar-refractivity contribution < 1.29 is 22.8 Å². The number of anilines is 2. The summed E-state index contributed by atoms with van der Waals surface area (Å²) in [6.45, 7) is 1.86. The zero-order valence-corrected chi connectivity index (χ0v) is 24.2. The molecule has 4 aromatic rings. The number of fused-ring (bicyclic) bond motifs is 1. The second kappa shape index (κ2) is 11.7. The van der Waals surface area contributed by atoms with Gasteiger partial charge < -0.3 is 15.5 Å². The van der Waals surface area contributed by atoms with Gasteiger partial charge in [-0.25, -0.2) is 13.4 Å². The van der Waals surface area contributed by atoms with Crippen LogP contribution in [0.2, 0.25) is 5.02 Å². The lowest BCUT2D eigenvalue weighted by molar-refractivity contribution is -0.120. The molecule has 0 fully saturated rings. The predicted molar refractivity (Wildman–Crippen MR) is 158 cm³/mol. The molecule has 1 aliphatic rings. The van der Waals surface area contributed by atoms with Gasteiger partial charge in [0.1, 0.15) is 11.9 Å². The van der Waals surface area contributed by atoms with Crippen LogP contribution in [0.4, 0.5) is 11.5 Å². The largest absolute Gasteiger partial charge is 0.323 e. The maximum absolute atomic E-state index is 13.8. The summed E-state index contributed by atoms with van der Waals surface area (Å²) in [5.74, 6) is -0.933. The van der Waals surface area contributed by atoms with E-state index in [1.807, 2.05) is 6.07 Å². The number of hydrogen-bond donors (Lipinski definition) is 2. The Morgan fingerprint density at radius 3 is 2.52 bits per heavy atom. The van der Waals surface area contributed by atoms with Crippen molar-refractivity contribution in [3.05, 3.63) is 112 Å². The molecule has 0 bridgehead atoms. The Labute approximate surface area is 247 Å². The highest BCUT2D eigenvalue weighted by Gasteiger charge is 2.36. The zero-order chi connectivity index (χ0) is 30.0. The van der Waals surface area contributed by atoms with E-state index >= 15 is 0 Å². The van der Waals surface area contributed by atoms with Crippen molar-refractivity contribution in [3.63, 3.8) is 0 Å². The normalized spacial score (nSPS) is 15.0. The van der Waals surface area contributed by atoms with Gasteiger partial charge in [0.05, 0.1) is 16.1 Å². The summed E-state index contributed by atoms with van der Waals surface area (Å²) in [7, 11) is -3.41. The van der Waals surface area contributed by atoms with Gasteiger partial charge in [0.25, 0.3) is 11.8 Å². The van der Waals surface area contributed by atoms with E-state index < -0.39 is 21.8 Å². The van der Waals surface area contributed by atoms with Gasteiger partial charge in [-0.1, -0.05) is 29.8 Å². The molecule has 42 heavy (non-hydrogen) atoms. The van der Waals surface area contributed by atoms with Crippen LogP contribution in [0.3, 0.4) is 0 Å². The number of aromatic nitrogens is 2. The maximum atomic E-state index is 13.8. The van der Waals surface area contributed by atoms with E-state index in [0.717, 1.165) is 6.26 Å². The SMILES string of the molecule is Cc1cc(CN2C(=O)c3ccc(Cl)cc3NC(=O)C2Cc2ccccn2)ccc1C(=O)Nc1ccc(S(C)(=O)=O)cn1. The van der Waals surface area contributed by atoms with Gasteiger partial charge in [0.15, 0.2) is 9.84 Å². The van der Waals surface area contributed by atoms with Crippen molar-refractivity contribution in [2.75, 3.05) is 16.9 Å². The highest BCUT2D eigenvalue weighted by atomic mass is 35.5. The van der Waals surface area contributed by atoms with E-state index in [-0.39, 0.29) is 35.5 Å². The van der Waals surface area contributed by atoms with Crippen LogP contribution in [0.25, 0.3) is 0 Å². The average Bonchev–Trinajstić information content (AvgIpc) is 3.03. The monoisotopic (exact) mass is 603 g/mol. The molecule has 0 spiro atoms. The minimum absolute atomic E-state index is 0.0462. The Morgan fingerprint density at radius 2 is 1.86 bits per heavy atom. The summed E-state index contributed by atoms with van der Waals surface area (Å²) in [6, 6.07) is 17.2. The van der Waals surface area contributed by atoms with Crippen LogP contribution in [0.1, 0.15) is 37.5 Å².